The molecule has 7 heteroatoms. The van der Waals surface area contributed by atoms with Crippen molar-refractivity contribution in [2.24, 2.45) is 5.41 Å². The zero-order chi connectivity index (χ0) is 27.9. The highest BCUT2D eigenvalue weighted by atomic mass is 16.7. The zero-order valence-corrected chi connectivity index (χ0v) is 23.2. The Morgan fingerprint density at radius 2 is 1.69 bits per heavy atom. The molecular weight excluding hydrogens is 492 g/mol. The normalized spacial score (nSPS) is 15.9. The molecule has 0 bridgehead atoms. The lowest BCUT2D eigenvalue weighted by atomic mass is 9.86. The topological polar surface area (TPSA) is 88.1 Å². The summed E-state index contributed by atoms with van der Waals surface area (Å²) in [5.74, 6) is 1.23. The number of rotatable bonds is 7. The fraction of sp³-hybridized carbons (Fsp3) is 0.375. The Labute approximate surface area is 229 Å². The standard InChI is InChI=1S/C32H36N2O5/c1-20-6-12-24(33-30(37)32(14-15-32)23-11-13-26-27(16-23)39-19-38-26)17-25(20)21-7-9-22(10-8-21)29(36)34(5)28(18-35)31(2,3)4/h6-13,16-17,28,35H,14-15,18-19H2,1-5H3,(H,33,37)/t28-/m1/s1. The maximum Gasteiger partial charge on any atom is 0.253 e. The quantitative estimate of drug-likeness (QED) is 0.420. The summed E-state index contributed by atoms with van der Waals surface area (Å²) in [6, 6.07) is 18.8. The Balaban J connectivity index is 1.33. The van der Waals surface area contributed by atoms with Gasteiger partial charge in [-0.05, 0) is 83.8 Å². The van der Waals surface area contributed by atoms with Crippen molar-refractivity contribution in [3.8, 4) is 22.6 Å². The van der Waals surface area contributed by atoms with E-state index in [0.29, 0.717) is 17.1 Å². The van der Waals surface area contributed by atoms with Gasteiger partial charge in [-0.1, -0.05) is 45.0 Å². The molecule has 2 aliphatic rings. The van der Waals surface area contributed by atoms with E-state index in [2.05, 4.69) is 5.32 Å². The van der Waals surface area contributed by atoms with Gasteiger partial charge in [0.05, 0.1) is 18.1 Å². The first-order valence-corrected chi connectivity index (χ1v) is 13.3. The van der Waals surface area contributed by atoms with Crippen molar-refractivity contribution < 1.29 is 24.2 Å². The van der Waals surface area contributed by atoms with Crippen LogP contribution in [-0.4, -0.2) is 48.3 Å². The van der Waals surface area contributed by atoms with E-state index in [9.17, 15) is 14.7 Å². The average Bonchev–Trinajstić information content (AvgIpc) is 3.59. The average molecular weight is 529 g/mol. The number of amides is 2. The fourth-order valence-corrected chi connectivity index (χ4v) is 5.34. The van der Waals surface area contributed by atoms with Crippen molar-refractivity contribution in [3.63, 3.8) is 0 Å². The summed E-state index contributed by atoms with van der Waals surface area (Å²) in [6.45, 7) is 8.16. The molecule has 1 saturated carbocycles. The minimum Gasteiger partial charge on any atom is -0.454 e. The molecule has 3 aromatic carbocycles. The van der Waals surface area contributed by atoms with Crippen LogP contribution in [0.1, 0.15) is 55.1 Å². The van der Waals surface area contributed by atoms with E-state index >= 15 is 0 Å². The molecule has 204 valence electrons. The van der Waals surface area contributed by atoms with Crippen LogP contribution in [0, 0.1) is 12.3 Å². The molecule has 1 fully saturated rings. The van der Waals surface area contributed by atoms with E-state index in [1.165, 1.54) is 0 Å². The van der Waals surface area contributed by atoms with Crippen LogP contribution in [0.15, 0.2) is 60.7 Å². The second-order valence-electron chi connectivity index (χ2n) is 11.7. The SMILES string of the molecule is Cc1ccc(NC(=O)C2(c3ccc4c(c3)OCO4)CC2)cc1-c1ccc(C(=O)N(C)[C@H](CO)C(C)(C)C)cc1. The highest BCUT2D eigenvalue weighted by Crippen LogP contribution is 2.51. The van der Waals surface area contributed by atoms with E-state index in [1.54, 1.807) is 11.9 Å². The molecule has 1 atom stereocenters. The second kappa shape index (κ2) is 10.0. The van der Waals surface area contributed by atoms with E-state index in [1.807, 2.05) is 88.4 Å². The molecule has 5 rings (SSSR count). The van der Waals surface area contributed by atoms with Gasteiger partial charge in [0.1, 0.15) is 0 Å². The lowest BCUT2D eigenvalue weighted by Gasteiger charge is -2.36. The summed E-state index contributed by atoms with van der Waals surface area (Å²) in [7, 11) is 1.73. The van der Waals surface area contributed by atoms with Crippen molar-refractivity contribution >= 4 is 17.5 Å². The fourth-order valence-electron chi connectivity index (χ4n) is 5.34. The Morgan fingerprint density at radius 1 is 1.00 bits per heavy atom. The minimum atomic E-state index is -0.556. The Hall–Kier alpha value is -3.84. The third-order valence-electron chi connectivity index (χ3n) is 8.01. The van der Waals surface area contributed by atoms with Crippen LogP contribution < -0.4 is 14.8 Å². The lowest BCUT2D eigenvalue weighted by molar-refractivity contribution is -0.118. The van der Waals surface area contributed by atoms with Crippen molar-refractivity contribution in [2.75, 3.05) is 25.8 Å². The van der Waals surface area contributed by atoms with E-state index in [-0.39, 0.29) is 36.7 Å². The summed E-state index contributed by atoms with van der Waals surface area (Å²) in [5.41, 5.74) is 4.42. The van der Waals surface area contributed by atoms with Crippen molar-refractivity contribution in [2.45, 2.75) is 52.0 Å². The van der Waals surface area contributed by atoms with Crippen LogP contribution in [0.4, 0.5) is 5.69 Å². The molecule has 0 radical (unpaired) electrons. The first-order valence-electron chi connectivity index (χ1n) is 13.3. The molecule has 1 aliphatic carbocycles. The second-order valence-corrected chi connectivity index (χ2v) is 11.7. The van der Waals surface area contributed by atoms with Crippen LogP contribution in [0.5, 0.6) is 11.5 Å². The number of aliphatic hydroxyl groups excluding tert-OH is 1. The Morgan fingerprint density at radius 3 is 2.33 bits per heavy atom. The molecule has 2 amide bonds. The van der Waals surface area contributed by atoms with E-state index < -0.39 is 5.41 Å². The number of likely N-dealkylation sites (N-methyl/N-ethyl adjacent to an activating group) is 1. The van der Waals surface area contributed by atoms with Gasteiger partial charge in [-0.3, -0.25) is 9.59 Å². The van der Waals surface area contributed by atoms with Crippen molar-refractivity contribution in [3.05, 3.63) is 77.4 Å². The molecule has 0 spiro atoms. The smallest absolute Gasteiger partial charge is 0.253 e. The van der Waals surface area contributed by atoms with Gasteiger partial charge >= 0.3 is 0 Å². The van der Waals surface area contributed by atoms with E-state index in [0.717, 1.165) is 40.8 Å². The van der Waals surface area contributed by atoms with Gasteiger partial charge in [0.2, 0.25) is 12.7 Å². The Kier molecular flexibility index (Phi) is 6.89. The molecule has 1 heterocycles. The number of nitrogens with zero attached hydrogens (tertiary/aromatic N) is 1. The minimum absolute atomic E-state index is 0.0302. The summed E-state index contributed by atoms with van der Waals surface area (Å²) < 4.78 is 10.9. The summed E-state index contributed by atoms with van der Waals surface area (Å²) in [6.07, 6.45) is 1.57. The van der Waals surface area contributed by atoms with Gasteiger partial charge in [0.25, 0.3) is 5.91 Å². The lowest BCUT2D eigenvalue weighted by Crippen LogP contribution is -2.47. The van der Waals surface area contributed by atoms with Crippen LogP contribution in [0.25, 0.3) is 11.1 Å². The Bertz CT molecular complexity index is 1400. The summed E-state index contributed by atoms with van der Waals surface area (Å²) in [4.78, 5) is 28.1. The van der Waals surface area contributed by atoms with E-state index in [4.69, 9.17) is 9.47 Å². The van der Waals surface area contributed by atoms with Gasteiger partial charge in [0, 0.05) is 18.3 Å². The van der Waals surface area contributed by atoms with Crippen LogP contribution >= 0.6 is 0 Å². The highest BCUT2D eigenvalue weighted by molar-refractivity contribution is 6.02. The first-order chi connectivity index (χ1) is 18.5. The third-order valence-corrected chi connectivity index (χ3v) is 8.01. The van der Waals surface area contributed by atoms with Gasteiger partial charge in [-0.25, -0.2) is 0 Å². The highest BCUT2D eigenvalue weighted by Gasteiger charge is 2.51. The predicted octanol–water partition coefficient (Wildman–Crippen LogP) is 5.54. The zero-order valence-electron chi connectivity index (χ0n) is 23.2. The summed E-state index contributed by atoms with van der Waals surface area (Å²) in [5, 5.41) is 13.0. The van der Waals surface area contributed by atoms with Gasteiger partial charge in [-0.15, -0.1) is 0 Å². The monoisotopic (exact) mass is 528 g/mol. The molecule has 0 aromatic heterocycles. The molecule has 0 saturated heterocycles. The first kappa shape index (κ1) is 26.8. The summed E-state index contributed by atoms with van der Waals surface area (Å²) >= 11 is 0. The number of carbonyl (C=O) groups is 2. The maximum atomic E-state index is 13.4. The molecule has 7 nitrogen and oxygen atoms in total. The number of aliphatic hydroxyl groups is 1. The van der Waals surface area contributed by atoms with Crippen molar-refractivity contribution in [1.29, 1.82) is 0 Å². The van der Waals surface area contributed by atoms with Gasteiger partial charge in [0.15, 0.2) is 11.5 Å². The number of ether oxygens (including phenoxy) is 2. The largest absolute Gasteiger partial charge is 0.454 e. The molecule has 0 unspecified atom stereocenters. The number of nitrogens with one attached hydrogen (secondary N) is 1. The van der Waals surface area contributed by atoms with Gasteiger partial charge < -0.3 is 24.8 Å². The number of fused-ring (bicyclic) bond motifs is 1. The number of aryl methyl sites for hydroxylation is 1. The van der Waals surface area contributed by atoms with Crippen LogP contribution in [0.3, 0.4) is 0 Å². The van der Waals surface area contributed by atoms with Crippen LogP contribution in [0.2, 0.25) is 0 Å². The maximum absolute atomic E-state index is 13.4. The third kappa shape index (κ3) is 5.11. The predicted molar refractivity (Wildman–Crippen MR) is 151 cm³/mol. The number of benzene rings is 3. The number of carbonyl (C=O) groups excluding carboxylic acids is 2. The number of hydrogen-bond donors (Lipinski definition) is 2. The molecule has 2 N–H and O–H groups in total. The number of hydrogen-bond acceptors (Lipinski definition) is 5. The molecular formula is C32H36N2O5. The molecule has 3 aromatic rings. The molecule has 1 aliphatic heterocycles. The number of anilines is 1. The van der Waals surface area contributed by atoms with Crippen LogP contribution in [-0.2, 0) is 10.2 Å². The molecule has 39 heavy (non-hydrogen) atoms. The van der Waals surface area contributed by atoms with Gasteiger partial charge in [-0.2, -0.15) is 0 Å². The van der Waals surface area contributed by atoms with Crippen molar-refractivity contribution in [1.82, 2.24) is 4.90 Å².